The fourth-order valence-electron chi connectivity index (χ4n) is 1.98. The van der Waals surface area contributed by atoms with Crippen LogP contribution in [0.1, 0.15) is 31.1 Å². The van der Waals surface area contributed by atoms with Gasteiger partial charge >= 0.3 is 0 Å². The van der Waals surface area contributed by atoms with Gasteiger partial charge in [0.15, 0.2) is 0 Å². The van der Waals surface area contributed by atoms with Crippen molar-refractivity contribution in [3.8, 4) is 11.9 Å². The van der Waals surface area contributed by atoms with Crippen LogP contribution in [-0.2, 0) is 0 Å². The van der Waals surface area contributed by atoms with Gasteiger partial charge in [0.05, 0.1) is 24.3 Å². The summed E-state index contributed by atoms with van der Waals surface area (Å²) >= 11 is 0. The van der Waals surface area contributed by atoms with Crippen LogP contribution in [0.25, 0.3) is 0 Å². The van der Waals surface area contributed by atoms with E-state index in [4.69, 9.17) is 10.00 Å². The van der Waals surface area contributed by atoms with Crippen LogP contribution in [0.5, 0.6) is 5.88 Å². The molecule has 0 aliphatic heterocycles. The Morgan fingerprint density at radius 3 is 2.81 bits per heavy atom. The predicted molar refractivity (Wildman–Crippen MR) is 57.6 cm³/mol. The van der Waals surface area contributed by atoms with Crippen molar-refractivity contribution < 1.29 is 9.84 Å². The number of aliphatic hydroxyl groups is 1. The lowest BCUT2D eigenvalue weighted by atomic mass is 9.65. The van der Waals surface area contributed by atoms with Gasteiger partial charge in [-0.05, 0) is 18.9 Å². The number of pyridine rings is 1. The second-order valence-electron chi connectivity index (χ2n) is 4.13. The Balaban J connectivity index is 2.26. The van der Waals surface area contributed by atoms with Crippen LogP contribution in [0.2, 0.25) is 0 Å². The lowest BCUT2D eigenvalue weighted by Crippen LogP contribution is -2.34. The van der Waals surface area contributed by atoms with Crippen molar-refractivity contribution in [3.63, 3.8) is 0 Å². The van der Waals surface area contributed by atoms with E-state index in [0.29, 0.717) is 11.6 Å². The smallest absolute Gasteiger partial charge is 0.213 e. The zero-order valence-corrected chi connectivity index (χ0v) is 9.18. The Hall–Kier alpha value is -1.60. The second-order valence-corrected chi connectivity index (χ2v) is 4.13. The summed E-state index contributed by atoms with van der Waals surface area (Å²) in [4.78, 5) is 4.16. The summed E-state index contributed by atoms with van der Waals surface area (Å²) in [5.74, 6) is 0.462. The summed E-state index contributed by atoms with van der Waals surface area (Å²) in [6.07, 6.45) is 1.66. The third kappa shape index (κ3) is 1.63. The van der Waals surface area contributed by atoms with Gasteiger partial charge in [0.1, 0.15) is 6.10 Å². The first-order valence-electron chi connectivity index (χ1n) is 5.32. The molecule has 0 spiro atoms. The van der Waals surface area contributed by atoms with Gasteiger partial charge in [-0.2, -0.15) is 5.26 Å². The quantitative estimate of drug-likeness (QED) is 0.840. The molecule has 2 rings (SSSR count). The molecule has 1 aromatic rings. The maximum absolute atomic E-state index is 10.2. The Bertz CT molecular complexity index is 421. The Morgan fingerprint density at radius 1 is 1.56 bits per heavy atom. The average molecular weight is 218 g/mol. The highest BCUT2D eigenvalue weighted by Gasteiger charge is 2.45. The highest BCUT2D eigenvalue weighted by Crippen LogP contribution is 2.49. The maximum atomic E-state index is 10.2. The number of aliphatic hydroxyl groups excluding tert-OH is 1. The minimum Gasteiger partial charge on any atom is -0.481 e. The van der Waals surface area contributed by atoms with Gasteiger partial charge < -0.3 is 9.84 Å². The van der Waals surface area contributed by atoms with Crippen LogP contribution < -0.4 is 4.74 Å². The van der Waals surface area contributed by atoms with Crippen LogP contribution in [-0.4, -0.2) is 17.2 Å². The number of aromatic nitrogens is 1. The monoisotopic (exact) mass is 218 g/mol. The Labute approximate surface area is 94.5 Å². The molecule has 0 amide bonds. The van der Waals surface area contributed by atoms with Crippen LogP contribution in [0.3, 0.4) is 0 Å². The van der Waals surface area contributed by atoms with E-state index in [0.717, 1.165) is 19.3 Å². The van der Waals surface area contributed by atoms with Gasteiger partial charge in [-0.3, -0.25) is 0 Å². The van der Waals surface area contributed by atoms with Crippen molar-refractivity contribution in [1.29, 1.82) is 5.26 Å². The molecule has 4 nitrogen and oxygen atoms in total. The molecule has 1 fully saturated rings. The first kappa shape index (κ1) is 10.9. The van der Waals surface area contributed by atoms with Crippen LogP contribution >= 0.6 is 0 Å². The summed E-state index contributed by atoms with van der Waals surface area (Å²) in [5.41, 5.74) is -0.125. The van der Waals surface area contributed by atoms with Crippen LogP contribution in [0, 0.1) is 16.7 Å². The van der Waals surface area contributed by atoms with E-state index in [9.17, 15) is 5.11 Å². The van der Waals surface area contributed by atoms with Gasteiger partial charge in [-0.15, -0.1) is 0 Å². The number of hydrogen-bond acceptors (Lipinski definition) is 4. The van der Waals surface area contributed by atoms with Crippen molar-refractivity contribution in [2.45, 2.75) is 25.4 Å². The second kappa shape index (κ2) is 4.11. The molecular weight excluding hydrogens is 204 g/mol. The topological polar surface area (TPSA) is 66.1 Å². The average Bonchev–Trinajstić information content (AvgIpc) is 2.28. The van der Waals surface area contributed by atoms with Crippen molar-refractivity contribution >= 4 is 0 Å². The minimum atomic E-state index is -0.818. The maximum Gasteiger partial charge on any atom is 0.213 e. The molecule has 0 saturated heterocycles. The molecule has 1 unspecified atom stereocenters. The molecule has 84 valence electrons. The molecule has 16 heavy (non-hydrogen) atoms. The molecular formula is C12H14N2O2. The lowest BCUT2D eigenvalue weighted by Gasteiger charge is -2.38. The molecule has 1 heterocycles. The highest BCUT2D eigenvalue weighted by molar-refractivity contribution is 5.22. The molecule has 0 radical (unpaired) electrons. The van der Waals surface area contributed by atoms with E-state index >= 15 is 0 Å². The van der Waals surface area contributed by atoms with E-state index in [1.54, 1.807) is 18.2 Å². The van der Waals surface area contributed by atoms with E-state index in [-0.39, 0.29) is 0 Å². The van der Waals surface area contributed by atoms with Crippen molar-refractivity contribution in [2.24, 2.45) is 5.41 Å². The molecule has 1 atom stereocenters. The first-order valence-corrected chi connectivity index (χ1v) is 5.32. The van der Waals surface area contributed by atoms with Crippen molar-refractivity contribution in [1.82, 2.24) is 4.98 Å². The number of nitriles is 1. The summed E-state index contributed by atoms with van der Waals surface area (Å²) in [7, 11) is 1.53. The molecule has 4 heteroatoms. The SMILES string of the molecule is COc1cccc(C(O)C2(C#N)CCC2)n1. The number of hydrogen-bond donors (Lipinski definition) is 1. The summed E-state index contributed by atoms with van der Waals surface area (Å²) in [6, 6.07) is 7.44. The molecule has 1 aromatic heterocycles. The number of methoxy groups -OCH3 is 1. The van der Waals surface area contributed by atoms with Crippen LogP contribution in [0.15, 0.2) is 18.2 Å². The highest BCUT2D eigenvalue weighted by atomic mass is 16.5. The molecule has 1 N–H and O–H groups in total. The van der Waals surface area contributed by atoms with E-state index < -0.39 is 11.5 Å². The van der Waals surface area contributed by atoms with Crippen LogP contribution in [0.4, 0.5) is 0 Å². The number of ether oxygens (including phenoxy) is 1. The van der Waals surface area contributed by atoms with E-state index in [2.05, 4.69) is 11.1 Å². The van der Waals surface area contributed by atoms with E-state index in [1.165, 1.54) is 7.11 Å². The fourth-order valence-corrected chi connectivity index (χ4v) is 1.98. The van der Waals surface area contributed by atoms with Gasteiger partial charge in [0.2, 0.25) is 5.88 Å². The predicted octanol–water partition coefficient (Wildman–Crippen LogP) is 1.82. The Morgan fingerprint density at radius 2 is 2.31 bits per heavy atom. The summed E-state index contributed by atoms with van der Waals surface area (Å²) in [5, 5.41) is 19.3. The van der Waals surface area contributed by atoms with Crippen molar-refractivity contribution in [3.05, 3.63) is 23.9 Å². The minimum absolute atomic E-state index is 0.462. The lowest BCUT2D eigenvalue weighted by molar-refractivity contribution is 0.00475. The standard InChI is InChI=1S/C12H14N2O2/c1-16-10-5-2-4-9(14-10)11(15)12(8-13)6-3-7-12/h2,4-5,11,15H,3,6-7H2,1H3. The van der Waals surface area contributed by atoms with E-state index in [1.807, 2.05) is 0 Å². The fraction of sp³-hybridized carbons (Fsp3) is 0.500. The van der Waals surface area contributed by atoms with Crippen molar-refractivity contribution in [2.75, 3.05) is 7.11 Å². The first-order chi connectivity index (χ1) is 7.72. The third-order valence-electron chi connectivity index (χ3n) is 3.23. The summed E-state index contributed by atoms with van der Waals surface area (Å²) < 4.78 is 5.00. The van der Waals surface area contributed by atoms with Gasteiger partial charge in [-0.1, -0.05) is 12.5 Å². The number of nitrogens with zero attached hydrogens (tertiary/aromatic N) is 2. The zero-order valence-electron chi connectivity index (χ0n) is 9.18. The summed E-state index contributed by atoms with van der Waals surface area (Å²) in [6.45, 7) is 0. The number of rotatable bonds is 3. The Kier molecular flexibility index (Phi) is 2.80. The molecule has 0 aromatic carbocycles. The molecule has 1 aliphatic rings. The van der Waals surface area contributed by atoms with Gasteiger partial charge in [-0.25, -0.2) is 4.98 Å². The zero-order chi connectivity index (χ0) is 11.6. The molecule has 0 bridgehead atoms. The van der Waals surface area contributed by atoms with Gasteiger partial charge in [0.25, 0.3) is 0 Å². The van der Waals surface area contributed by atoms with Gasteiger partial charge in [0, 0.05) is 6.07 Å². The normalized spacial score (nSPS) is 19.3. The largest absolute Gasteiger partial charge is 0.481 e. The molecule has 1 saturated carbocycles. The molecule has 1 aliphatic carbocycles. The third-order valence-corrected chi connectivity index (χ3v) is 3.23.